The summed E-state index contributed by atoms with van der Waals surface area (Å²) in [5.41, 5.74) is 1.80. The summed E-state index contributed by atoms with van der Waals surface area (Å²) in [4.78, 5) is 24.7. The lowest BCUT2D eigenvalue weighted by molar-refractivity contribution is -0.137. The number of nitrogens with one attached hydrogen (secondary N) is 1. The third-order valence-corrected chi connectivity index (χ3v) is 9.26. The van der Waals surface area contributed by atoms with Crippen molar-refractivity contribution in [3.63, 3.8) is 0 Å². The van der Waals surface area contributed by atoms with Gasteiger partial charge in [0.2, 0.25) is 0 Å². The molecule has 32 heavy (non-hydrogen) atoms. The Bertz CT molecular complexity index is 1020. The summed E-state index contributed by atoms with van der Waals surface area (Å²) in [6.07, 6.45) is 1.33. The third kappa shape index (κ3) is 6.74. The molecule has 172 valence electrons. The van der Waals surface area contributed by atoms with Gasteiger partial charge in [-0.1, -0.05) is 73.9 Å². The number of halogens is 1. The van der Waals surface area contributed by atoms with Gasteiger partial charge in [0, 0.05) is 11.6 Å². The second-order valence-corrected chi connectivity index (χ2v) is 20.2. The van der Waals surface area contributed by atoms with Crippen molar-refractivity contribution < 1.29 is 18.7 Å². The van der Waals surface area contributed by atoms with Crippen molar-refractivity contribution in [1.82, 2.24) is 0 Å². The molecule has 0 heterocycles. The molecule has 2 aromatic carbocycles. The molecule has 0 unspecified atom stereocenters. The van der Waals surface area contributed by atoms with Gasteiger partial charge < -0.3 is 10.1 Å². The van der Waals surface area contributed by atoms with Crippen LogP contribution in [0.5, 0.6) is 0 Å². The molecule has 2 aromatic rings. The van der Waals surface area contributed by atoms with E-state index in [0.29, 0.717) is 16.7 Å². The molecular formula is C25H34FNO3Si2. The van der Waals surface area contributed by atoms with E-state index in [0.717, 1.165) is 0 Å². The van der Waals surface area contributed by atoms with Gasteiger partial charge in [-0.25, -0.2) is 9.18 Å². The number of benzene rings is 2. The second-order valence-electron chi connectivity index (χ2n) is 10.0. The van der Waals surface area contributed by atoms with E-state index in [1.807, 2.05) is 12.1 Å². The zero-order valence-corrected chi connectivity index (χ0v) is 22.4. The van der Waals surface area contributed by atoms with Crippen LogP contribution in [0.25, 0.3) is 5.57 Å². The van der Waals surface area contributed by atoms with Gasteiger partial charge in [0.25, 0.3) is 5.91 Å². The highest BCUT2D eigenvalue weighted by Gasteiger charge is 2.24. The molecule has 1 amide bonds. The maximum Gasteiger partial charge on any atom is 0.331 e. The first-order valence-electron chi connectivity index (χ1n) is 10.8. The van der Waals surface area contributed by atoms with Crippen LogP contribution in [0, 0.1) is 5.82 Å². The quantitative estimate of drug-likeness (QED) is 0.346. The van der Waals surface area contributed by atoms with Crippen molar-refractivity contribution in [3.8, 4) is 0 Å². The average Bonchev–Trinajstić information content (AvgIpc) is 2.67. The van der Waals surface area contributed by atoms with Crippen LogP contribution in [0.1, 0.15) is 29.8 Å². The lowest BCUT2D eigenvalue weighted by atomic mass is 10.1. The van der Waals surface area contributed by atoms with Crippen molar-refractivity contribution >= 4 is 49.7 Å². The fourth-order valence-corrected chi connectivity index (χ4v) is 5.62. The Morgan fingerprint density at radius 2 is 1.50 bits per heavy atom. The summed E-state index contributed by atoms with van der Waals surface area (Å²) in [5, 5.41) is 5.16. The van der Waals surface area contributed by atoms with Gasteiger partial charge in [-0.3, -0.25) is 4.79 Å². The van der Waals surface area contributed by atoms with Crippen LogP contribution in [0.3, 0.4) is 0 Å². The zero-order chi connectivity index (χ0) is 24.3. The van der Waals surface area contributed by atoms with Gasteiger partial charge in [-0.05, 0) is 37.1 Å². The Morgan fingerprint density at radius 1 is 0.938 bits per heavy atom. The minimum Gasteiger partial charge on any atom is -0.463 e. The highest BCUT2D eigenvalue weighted by atomic mass is 28.3. The minimum atomic E-state index is -1.64. The Hall–Kier alpha value is -2.52. The van der Waals surface area contributed by atoms with Gasteiger partial charge in [0.1, 0.15) is 5.82 Å². The standard InChI is InChI=1S/C25H34FNO3Si2/c1-9-30-24(28)12-17(2)18-10-11-23(22(26)15-18)27-25(29)19-13-20(31(3,4)5)16-21(14-19)32(6,7)8/h10-16H,9H2,1-8H3,(H,27,29). The molecule has 7 heteroatoms. The lowest BCUT2D eigenvalue weighted by Gasteiger charge is -2.24. The van der Waals surface area contributed by atoms with Crippen LogP contribution in [0.4, 0.5) is 10.1 Å². The first-order valence-corrected chi connectivity index (χ1v) is 17.8. The SMILES string of the molecule is CCOC(=O)C=C(C)c1ccc(NC(=O)c2cc([Si](C)(C)C)cc([Si](C)(C)C)c2)c(F)c1. The number of rotatable bonds is 7. The van der Waals surface area contributed by atoms with Crippen molar-refractivity contribution in [2.75, 3.05) is 11.9 Å². The van der Waals surface area contributed by atoms with Crippen molar-refractivity contribution in [1.29, 1.82) is 0 Å². The van der Waals surface area contributed by atoms with Crippen LogP contribution in [0.15, 0.2) is 42.5 Å². The molecule has 0 aliphatic heterocycles. The topological polar surface area (TPSA) is 55.4 Å². The molecule has 0 aliphatic rings. The van der Waals surface area contributed by atoms with Crippen LogP contribution in [0.2, 0.25) is 39.3 Å². The van der Waals surface area contributed by atoms with E-state index in [4.69, 9.17) is 4.74 Å². The van der Waals surface area contributed by atoms with E-state index in [1.165, 1.54) is 28.6 Å². The van der Waals surface area contributed by atoms with Crippen LogP contribution in [-0.2, 0) is 9.53 Å². The summed E-state index contributed by atoms with van der Waals surface area (Å²) in [6.45, 7) is 17.2. The normalized spacial score (nSPS) is 12.5. The second kappa shape index (κ2) is 9.96. The Labute approximate surface area is 192 Å². The Balaban J connectivity index is 2.34. The summed E-state index contributed by atoms with van der Waals surface area (Å²) in [6, 6.07) is 10.7. The maximum atomic E-state index is 14.8. The molecule has 0 aliphatic carbocycles. The molecule has 0 fully saturated rings. The number of amides is 1. The van der Waals surface area contributed by atoms with Gasteiger partial charge in [0.05, 0.1) is 28.4 Å². The predicted octanol–water partition coefficient (Wildman–Crippen LogP) is 5.13. The molecule has 0 aromatic heterocycles. The molecule has 0 bridgehead atoms. The van der Waals surface area contributed by atoms with E-state index >= 15 is 0 Å². The zero-order valence-electron chi connectivity index (χ0n) is 20.4. The molecule has 4 nitrogen and oxygen atoms in total. The minimum absolute atomic E-state index is 0.107. The van der Waals surface area contributed by atoms with Crippen LogP contribution in [-0.4, -0.2) is 34.6 Å². The number of hydrogen-bond acceptors (Lipinski definition) is 3. The molecule has 0 saturated heterocycles. The van der Waals surface area contributed by atoms with Gasteiger partial charge in [-0.15, -0.1) is 0 Å². The summed E-state index contributed by atoms with van der Waals surface area (Å²) in [5.74, 6) is -1.35. The third-order valence-electron chi connectivity index (χ3n) is 5.22. The number of esters is 1. The van der Waals surface area contributed by atoms with Gasteiger partial charge in [-0.2, -0.15) is 0 Å². The number of ether oxygens (including phenoxy) is 1. The molecule has 0 spiro atoms. The fraction of sp³-hybridized carbons (Fsp3) is 0.360. The largest absolute Gasteiger partial charge is 0.463 e. The number of allylic oxidation sites excluding steroid dienone is 1. The van der Waals surface area contributed by atoms with Crippen LogP contribution >= 0.6 is 0 Å². The molecule has 0 saturated carbocycles. The summed E-state index contributed by atoms with van der Waals surface area (Å²) < 4.78 is 19.7. The molecule has 0 atom stereocenters. The lowest BCUT2D eigenvalue weighted by Crippen LogP contribution is -2.46. The first kappa shape index (κ1) is 25.7. The Morgan fingerprint density at radius 3 is 1.97 bits per heavy atom. The van der Waals surface area contributed by atoms with E-state index in [1.54, 1.807) is 19.9 Å². The first-order chi connectivity index (χ1) is 14.7. The van der Waals surface area contributed by atoms with Gasteiger partial charge in [0.15, 0.2) is 0 Å². The number of carbonyl (C=O) groups excluding carboxylic acids is 2. The smallest absolute Gasteiger partial charge is 0.331 e. The summed E-state index contributed by atoms with van der Waals surface area (Å²) >= 11 is 0. The molecule has 1 N–H and O–H groups in total. The number of hydrogen-bond donors (Lipinski definition) is 1. The average molecular weight is 472 g/mol. The highest BCUT2D eigenvalue weighted by Crippen LogP contribution is 2.22. The molecule has 2 rings (SSSR count). The van der Waals surface area contributed by atoms with Crippen LogP contribution < -0.4 is 15.7 Å². The molecular weight excluding hydrogens is 437 g/mol. The fourth-order valence-electron chi connectivity index (χ4n) is 3.12. The monoisotopic (exact) mass is 471 g/mol. The van der Waals surface area contributed by atoms with Crippen molar-refractivity contribution in [3.05, 3.63) is 59.4 Å². The van der Waals surface area contributed by atoms with E-state index in [-0.39, 0.29) is 18.2 Å². The summed E-state index contributed by atoms with van der Waals surface area (Å²) in [7, 11) is -3.28. The molecule has 0 radical (unpaired) electrons. The van der Waals surface area contributed by atoms with E-state index in [9.17, 15) is 14.0 Å². The van der Waals surface area contributed by atoms with Gasteiger partial charge >= 0.3 is 5.97 Å². The van der Waals surface area contributed by atoms with E-state index < -0.39 is 27.9 Å². The predicted molar refractivity (Wildman–Crippen MR) is 137 cm³/mol. The Kier molecular flexibility index (Phi) is 8.01. The maximum absolute atomic E-state index is 14.8. The highest BCUT2D eigenvalue weighted by molar-refractivity contribution is 6.91. The number of anilines is 1. The van der Waals surface area contributed by atoms with E-state index in [2.05, 4.69) is 50.7 Å². The van der Waals surface area contributed by atoms with Crippen molar-refractivity contribution in [2.24, 2.45) is 0 Å². The number of carbonyl (C=O) groups is 2. The van der Waals surface area contributed by atoms with Crippen molar-refractivity contribution in [2.45, 2.75) is 53.1 Å².